The highest BCUT2D eigenvalue weighted by Crippen LogP contribution is 2.07. The summed E-state index contributed by atoms with van der Waals surface area (Å²) in [5, 5.41) is 24.0. The van der Waals surface area contributed by atoms with E-state index in [1.807, 2.05) is 24.3 Å². The van der Waals surface area contributed by atoms with Gasteiger partial charge >= 0.3 is 0 Å². The fraction of sp³-hybridized carbons (Fsp3) is 0.304. The lowest BCUT2D eigenvalue weighted by Gasteiger charge is -2.19. The number of amides is 2. The van der Waals surface area contributed by atoms with Gasteiger partial charge in [-0.25, -0.2) is 5.48 Å². The van der Waals surface area contributed by atoms with Crippen molar-refractivity contribution < 1.29 is 19.9 Å². The fourth-order valence-electron chi connectivity index (χ4n) is 2.58. The molecule has 2 aromatic rings. The van der Waals surface area contributed by atoms with Crippen LogP contribution >= 0.6 is 0 Å². The first-order chi connectivity index (χ1) is 14.3. The second-order valence-electron chi connectivity index (χ2n) is 7.23. The molecular weight excluding hydrogens is 382 g/mol. The topological polar surface area (TPSA) is 111 Å². The number of hydrogen-bond acceptors (Lipinski definition) is 5. The van der Waals surface area contributed by atoms with Gasteiger partial charge in [-0.3, -0.25) is 14.8 Å². The van der Waals surface area contributed by atoms with E-state index < -0.39 is 24.0 Å². The number of carbonyl (C=O) groups is 2. The van der Waals surface area contributed by atoms with Crippen LogP contribution in [0.2, 0.25) is 0 Å². The Hall–Kier alpha value is -3.18. The highest BCUT2D eigenvalue weighted by Gasteiger charge is 2.25. The van der Waals surface area contributed by atoms with Gasteiger partial charge in [0.25, 0.3) is 11.8 Å². The van der Waals surface area contributed by atoms with E-state index in [9.17, 15) is 14.7 Å². The first-order valence-corrected chi connectivity index (χ1v) is 9.67. The van der Waals surface area contributed by atoms with Gasteiger partial charge in [-0.15, -0.1) is 0 Å². The summed E-state index contributed by atoms with van der Waals surface area (Å²) < 4.78 is 0. The number of aliphatic hydroxyl groups is 1. The van der Waals surface area contributed by atoms with E-state index >= 15 is 0 Å². The average Bonchev–Trinajstić information content (AvgIpc) is 2.74. The van der Waals surface area contributed by atoms with E-state index in [-0.39, 0.29) is 0 Å². The van der Waals surface area contributed by atoms with E-state index in [0.717, 1.165) is 17.7 Å². The van der Waals surface area contributed by atoms with Gasteiger partial charge in [-0.2, -0.15) is 0 Å². The van der Waals surface area contributed by atoms with Gasteiger partial charge in [-0.1, -0.05) is 37.8 Å². The zero-order valence-electron chi connectivity index (χ0n) is 17.3. The van der Waals surface area contributed by atoms with Crippen LogP contribution in [-0.4, -0.2) is 40.3 Å². The van der Waals surface area contributed by atoms with E-state index in [4.69, 9.17) is 5.21 Å². The maximum atomic E-state index is 12.3. The van der Waals surface area contributed by atoms with Crippen molar-refractivity contribution in [2.24, 2.45) is 0 Å². The van der Waals surface area contributed by atoms with Crippen LogP contribution in [0.25, 0.3) is 0 Å². The second kappa shape index (κ2) is 11.1. The molecule has 0 unspecified atom stereocenters. The van der Waals surface area contributed by atoms with Crippen molar-refractivity contribution >= 4 is 11.8 Å². The van der Waals surface area contributed by atoms with Crippen molar-refractivity contribution in [1.82, 2.24) is 16.1 Å². The summed E-state index contributed by atoms with van der Waals surface area (Å²) in [7, 11) is 0. The minimum Gasteiger partial charge on any atom is -0.391 e. The molecule has 0 aliphatic carbocycles. The number of hydroxylamine groups is 1. The monoisotopic (exact) mass is 409 g/mol. The van der Waals surface area contributed by atoms with Crippen molar-refractivity contribution in [2.45, 2.75) is 45.5 Å². The summed E-state index contributed by atoms with van der Waals surface area (Å²) in [6, 6.07) is 13.7. The highest BCUT2D eigenvalue weighted by atomic mass is 16.5. The quantitative estimate of drug-likeness (QED) is 0.271. The molecule has 0 spiro atoms. The SMILES string of the molecule is CC(C)NCc1ccc(C#Cc2ccc(C(=O)N[C@H](C(=O)NO)[C@@H](C)O)cc2)cc1. The van der Waals surface area contributed by atoms with Gasteiger partial charge in [0.15, 0.2) is 0 Å². The summed E-state index contributed by atoms with van der Waals surface area (Å²) in [4.78, 5) is 23.8. The molecule has 0 aromatic heterocycles. The Morgan fingerprint density at radius 2 is 1.47 bits per heavy atom. The Morgan fingerprint density at radius 3 is 1.93 bits per heavy atom. The van der Waals surface area contributed by atoms with Gasteiger partial charge in [-0.05, 0) is 48.9 Å². The molecule has 2 amide bonds. The zero-order valence-corrected chi connectivity index (χ0v) is 17.3. The maximum absolute atomic E-state index is 12.3. The van der Waals surface area contributed by atoms with Crippen LogP contribution in [0.5, 0.6) is 0 Å². The molecule has 158 valence electrons. The summed E-state index contributed by atoms with van der Waals surface area (Å²) in [5.74, 6) is 4.69. The Kier molecular flexibility index (Phi) is 8.56. The molecule has 0 aliphatic rings. The Labute approximate surface area is 176 Å². The van der Waals surface area contributed by atoms with Crippen LogP contribution in [-0.2, 0) is 11.3 Å². The molecule has 2 atom stereocenters. The minimum atomic E-state index is -1.26. The maximum Gasteiger partial charge on any atom is 0.268 e. The molecule has 0 bridgehead atoms. The molecule has 7 heteroatoms. The zero-order chi connectivity index (χ0) is 22.1. The van der Waals surface area contributed by atoms with Crippen LogP contribution < -0.4 is 16.1 Å². The largest absolute Gasteiger partial charge is 0.391 e. The van der Waals surface area contributed by atoms with Crippen LogP contribution in [0.15, 0.2) is 48.5 Å². The lowest BCUT2D eigenvalue weighted by atomic mass is 10.1. The first-order valence-electron chi connectivity index (χ1n) is 9.67. The molecule has 0 heterocycles. The molecule has 2 aromatic carbocycles. The van der Waals surface area contributed by atoms with Crippen molar-refractivity contribution in [1.29, 1.82) is 0 Å². The fourth-order valence-corrected chi connectivity index (χ4v) is 2.58. The van der Waals surface area contributed by atoms with E-state index in [1.165, 1.54) is 18.0 Å². The molecule has 2 rings (SSSR count). The third-order valence-electron chi connectivity index (χ3n) is 4.33. The number of rotatable bonds is 7. The summed E-state index contributed by atoms with van der Waals surface area (Å²) >= 11 is 0. The Bertz CT molecular complexity index is 910. The van der Waals surface area contributed by atoms with Gasteiger partial charge < -0.3 is 15.7 Å². The lowest BCUT2D eigenvalue weighted by Crippen LogP contribution is -2.51. The van der Waals surface area contributed by atoms with Crippen molar-refractivity contribution in [2.75, 3.05) is 0 Å². The van der Waals surface area contributed by atoms with Crippen LogP contribution in [0.1, 0.15) is 47.8 Å². The van der Waals surface area contributed by atoms with Gasteiger partial charge in [0, 0.05) is 29.3 Å². The lowest BCUT2D eigenvalue weighted by molar-refractivity contribution is -0.133. The number of benzene rings is 2. The van der Waals surface area contributed by atoms with Crippen molar-refractivity contribution in [3.05, 3.63) is 70.8 Å². The molecule has 0 fully saturated rings. The average molecular weight is 409 g/mol. The summed E-state index contributed by atoms with van der Waals surface area (Å²) in [5.41, 5.74) is 4.54. The second-order valence-corrected chi connectivity index (χ2v) is 7.23. The number of nitrogens with one attached hydrogen (secondary N) is 3. The van der Waals surface area contributed by atoms with Crippen LogP contribution in [0.3, 0.4) is 0 Å². The predicted octanol–water partition coefficient (Wildman–Crippen LogP) is 1.57. The van der Waals surface area contributed by atoms with Crippen molar-refractivity contribution in [3.63, 3.8) is 0 Å². The van der Waals surface area contributed by atoms with E-state index in [1.54, 1.807) is 24.3 Å². The third kappa shape index (κ3) is 7.01. The summed E-state index contributed by atoms with van der Waals surface area (Å²) in [6.45, 7) is 6.36. The number of aliphatic hydroxyl groups excluding tert-OH is 1. The molecule has 0 saturated carbocycles. The molecular formula is C23H27N3O4. The first kappa shape index (κ1) is 23.1. The predicted molar refractivity (Wildman–Crippen MR) is 114 cm³/mol. The van der Waals surface area contributed by atoms with Crippen LogP contribution in [0, 0.1) is 11.8 Å². The van der Waals surface area contributed by atoms with Gasteiger partial charge in [0.1, 0.15) is 6.04 Å². The Balaban J connectivity index is 2.01. The highest BCUT2D eigenvalue weighted by molar-refractivity contribution is 5.97. The number of carbonyl (C=O) groups excluding carboxylic acids is 2. The number of hydrogen-bond donors (Lipinski definition) is 5. The standard InChI is InChI=1S/C23H27N3O4/c1-15(2)24-14-19-8-6-17(7-9-19)4-5-18-10-12-20(13-11-18)22(28)25-21(16(3)27)23(29)26-30/h6-13,15-16,21,24,27,30H,14H2,1-3H3,(H,25,28)(H,26,29)/t16-,21+/m1/s1. The minimum absolute atomic E-state index is 0.305. The molecule has 0 aliphatic heterocycles. The van der Waals surface area contributed by atoms with Gasteiger partial charge in [0.05, 0.1) is 6.10 Å². The van der Waals surface area contributed by atoms with Gasteiger partial charge in [0.2, 0.25) is 0 Å². The molecule has 30 heavy (non-hydrogen) atoms. The molecule has 0 radical (unpaired) electrons. The molecule has 5 N–H and O–H groups in total. The normalized spacial score (nSPS) is 12.5. The van der Waals surface area contributed by atoms with Crippen molar-refractivity contribution in [3.8, 4) is 11.8 Å². The molecule has 0 saturated heterocycles. The third-order valence-corrected chi connectivity index (χ3v) is 4.33. The van der Waals surface area contributed by atoms with E-state index in [2.05, 4.69) is 36.3 Å². The smallest absolute Gasteiger partial charge is 0.268 e. The van der Waals surface area contributed by atoms with Crippen LogP contribution in [0.4, 0.5) is 0 Å². The summed E-state index contributed by atoms with van der Waals surface area (Å²) in [6.07, 6.45) is -1.17. The van der Waals surface area contributed by atoms with E-state index in [0.29, 0.717) is 11.6 Å². The molecule has 7 nitrogen and oxygen atoms in total. The Morgan fingerprint density at radius 1 is 0.933 bits per heavy atom.